The van der Waals surface area contributed by atoms with Crippen molar-refractivity contribution in [3.05, 3.63) is 21.9 Å². The van der Waals surface area contributed by atoms with E-state index in [0.717, 1.165) is 4.88 Å². The molecule has 0 aliphatic rings. The number of aryl methyl sites for hydroxylation is 1. The van der Waals surface area contributed by atoms with Crippen molar-refractivity contribution in [2.24, 2.45) is 0 Å². The molecular formula is C8H5NS2. The Bertz CT molecular complexity index is 399. The van der Waals surface area contributed by atoms with E-state index in [-0.39, 0.29) is 0 Å². The van der Waals surface area contributed by atoms with Crippen molar-refractivity contribution in [3.63, 3.8) is 0 Å². The summed E-state index contributed by atoms with van der Waals surface area (Å²) in [5.74, 6) is 0. The van der Waals surface area contributed by atoms with E-state index in [1.807, 2.05) is 6.07 Å². The van der Waals surface area contributed by atoms with E-state index in [2.05, 4.69) is 19.1 Å². The van der Waals surface area contributed by atoms with Gasteiger partial charge in [-0.25, -0.2) is 0 Å². The van der Waals surface area contributed by atoms with E-state index in [4.69, 9.17) is 5.26 Å². The third kappa shape index (κ3) is 1.05. The van der Waals surface area contributed by atoms with Gasteiger partial charge in [-0.15, -0.1) is 22.7 Å². The smallest absolute Gasteiger partial charge is 0.110 e. The number of thiophene rings is 2. The Balaban J connectivity index is 2.76. The summed E-state index contributed by atoms with van der Waals surface area (Å²) in [5, 5.41) is 8.59. The summed E-state index contributed by atoms with van der Waals surface area (Å²) in [6, 6.07) is 6.23. The van der Waals surface area contributed by atoms with E-state index < -0.39 is 0 Å². The van der Waals surface area contributed by atoms with E-state index in [1.165, 1.54) is 14.3 Å². The Kier molecular flexibility index (Phi) is 1.45. The fraction of sp³-hybridized carbons (Fsp3) is 0.125. The average Bonchev–Trinajstić information content (AvgIpc) is 2.43. The summed E-state index contributed by atoms with van der Waals surface area (Å²) in [6.45, 7) is 2.09. The zero-order valence-corrected chi connectivity index (χ0v) is 7.55. The second-order valence-corrected chi connectivity index (χ2v) is 4.68. The zero-order chi connectivity index (χ0) is 7.84. The first-order valence-corrected chi connectivity index (χ1v) is 4.83. The number of nitriles is 1. The number of nitrogens with zero attached hydrogens (tertiary/aromatic N) is 1. The highest BCUT2D eigenvalue weighted by Gasteiger charge is 2.02. The minimum atomic E-state index is 0.811. The zero-order valence-electron chi connectivity index (χ0n) is 5.92. The first kappa shape index (κ1) is 6.84. The van der Waals surface area contributed by atoms with Crippen LogP contribution in [0, 0.1) is 18.3 Å². The average molecular weight is 179 g/mol. The van der Waals surface area contributed by atoms with Gasteiger partial charge in [-0.3, -0.25) is 0 Å². The molecule has 0 radical (unpaired) electrons. The van der Waals surface area contributed by atoms with Crippen LogP contribution < -0.4 is 0 Å². The molecule has 0 fully saturated rings. The van der Waals surface area contributed by atoms with Gasteiger partial charge in [0.2, 0.25) is 0 Å². The summed E-state index contributed by atoms with van der Waals surface area (Å²) in [6.07, 6.45) is 0. The van der Waals surface area contributed by atoms with Gasteiger partial charge in [0, 0.05) is 14.3 Å². The Morgan fingerprint density at radius 1 is 1.27 bits per heavy atom. The molecule has 0 unspecified atom stereocenters. The molecule has 0 saturated heterocycles. The van der Waals surface area contributed by atoms with Crippen LogP contribution >= 0.6 is 22.7 Å². The molecule has 54 valence electrons. The van der Waals surface area contributed by atoms with Crippen molar-refractivity contribution in [3.8, 4) is 6.07 Å². The molecule has 0 aliphatic carbocycles. The highest BCUT2D eigenvalue weighted by atomic mass is 32.1. The molecule has 0 saturated carbocycles. The van der Waals surface area contributed by atoms with Crippen molar-refractivity contribution < 1.29 is 0 Å². The second kappa shape index (κ2) is 2.33. The molecule has 0 atom stereocenters. The SMILES string of the molecule is Cc1cc2sc(C#N)cc2s1. The minimum Gasteiger partial charge on any atom is -0.192 e. The molecule has 2 aromatic heterocycles. The summed E-state index contributed by atoms with van der Waals surface area (Å²) in [4.78, 5) is 2.13. The van der Waals surface area contributed by atoms with Crippen LogP contribution in [0.4, 0.5) is 0 Å². The third-order valence-corrected chi connectivity index (χ3v) is 3.55. The van der Waals surface area contributed by atoms with Gasteiger partial charge >= 0.3 is 0 Å². The number of hydrogen-bond donors (Lipinski definition) is 0. The molecule has 0 N–H and O–H groups in total. The van der Waals surface area contributed by atoms with Gasteiger partial charge in [0.05, 0.1) is 0 Å². The quantitative estimate of drug-likeness (QED) is 0.609. The maximum atomic E-state index is 8.59. The van der Waals surface area contributed by atoms with Crippen LogP contribution in [-0.2, 0) is 0 Å². The van der Waals surface area contributed by atoms with Gasteiger partial charge in [0.15, 0.2) is 0 Å². The fourth-order valence-corrected chi connectivity index (χ4v) is 3.13. The molecule has 0 bridgehead atoms. The van der Waals surface area contributed by atoms with Crippen LogP contribution in [-0.4, -0.2) is 0 Å². The van der Waals surface area contributed by atoms with E-state index in [9.17, 15) is 0 Å². The van der Waals surface area contributed by atoms with Crippen molar-refractivity contribution in [2.75, 3.05) is 0 Å². The summed E-state index contributed by atoms with van der Waals surface area (Å²) in [5.41, 5.74) is 0. The molecular weight excluding hydrogens is 174 g/mol. The standard InChI is InChI=1S/C8H5NS2/c1-5-2-7-8(10-5)3-6(4-9)11-7/h2-3H,1H3. The maximum Gasteiger partial charge on any atom is 0.110 e. The molecule has 2 heterocycles. The van der Waals surface area contributed by atoms with Gasteiger partial charge in [0.25, 0.3) is 0 Å². The summed E-state index contributed by atoms with van der Waals surface area (Å²) in [7, 11) is 0. The van der Waals surface area contributed by atoms with E-state index >= 15 is 0 Å². The Labute approximate surface area is 72.5 Å². The largest absolute Gasteiger partial charge is 0.192 e. The molecule has 1 nitrogen and oxygen atoms in total. The Morgan fingerprint density at radius 3 is 2.64 bits per heavy atom. The van der Waals surface area contributed by atoms with Gasteiger partial charge in [-0.05, 0) is 19.1 Å². The summed E-state index contributed by atoms with van der Waals surface area (Å²) >= 11 is 3.32. The lowest BCUT2D eigenvalue weighted by Gasteiger charge is -1.73. The van der Waals surface area contributed by atoms with Gasteiger partial charge < -0.3 is 0 Å². The number of rotatable bonds is 0. The van der Waals surface area contributed by atoms with Crippen molar-refractivity contribution in [1.29, 1.82) is 5.26 Å². The van der Waals surface area contributed by atoms with E-state index in [1.54, 1.807) is 22.7 Å². The molecule has 0 aliphatic heterocycles. The monoisotopic (exact) mass is 179 g/mol. The molecule has 11 heavy (non-hydrogen) atoms. The normalized spacial score (nSPS) is 10.2. The van der Waals surface area contributed by atoms with Gasteiger partial charge in [0.1, 0.15) is 10.9 Å². The molecule has 3 heteroatoms. The molecule has 0 spiro atoms. The van der Waals surface area contributed by atoms with Crippen LogP contribution in [0.15, 0.2) is 12.1 Å². The van der Waals surface area contributed by atoms with Gasteiger partial charge in [-0.1, -0.05) is 0 Å². The predicted molar refractivity (Wildman–Crippen MR) is 49.2 cm³/mol. The van der Waals surface area contributed by atoms with Crippen LogP contribution in [0.1, 0.15) is 9.75 Å². The highest BCUT2D eigenvalue weighted by Crippen LogP contribution is 2.32. The van der Waals surface area contributed by atoms with Crippen LogP contribution in [0.3, 0.4) is 0 Å². The topological polar surface area (TPSA) is 23.8 Å². The Hall–Kier alpha value is -0.850. The highest BCUT2D eigenvalue weighted by molar-refractivity contribution is 7.28. The minimum absolute atomic E-state index is 0.811. The molecule has 0 aromatic carbocycles. The molecule has 0 amide bonds. The van der Waals surface area contributed by atoms with Crippen LogP contribution in [0.5, 0.6) is 0 Å². The maximum absolute atomic E-state index is 8.59. The van der Waals surface area contributed by atoms with Crippen molar-refractivity contribution in [1.82, 2.24) is 0 Å². The lowest BCUT2D eigenvalue weighted by molar-refractivity contribution is 1.53. The number of fused-ring (bicyclic) bond motifs is 1. The van der Waals surface area contributed by atoms with Crippen LogP contribution in [0.25, 0.3) is 9.40 Å². The van der Waals surface area contributed by atoms with Crippen molar-refractivity contribution >= 4 is 32.1 Å². The first-order chi connectivity index (χ1) is 5.29. The Morgan fingerprint density at radius 2 is 2.00 bits per heavy atom. The summed E-state index contributed by atoms with van der Waals surface area (Å²) < 4.78 is 2.48. The lowest BCUT2D eigenvalue weighted by Crippen LogP contribution is -1.53. The van der Waals surface area contributed by atoms with Crippen molar-refractivity contribution in [2.45, 2.75) is 6.92 Å². The molecule has 2 rings (SSSR count). The lowest BCUT2D eigenvalue weighted by atomic mass is 10.4. The molecule has 2 aromatic rings. The van der Waals surface area contributed by atoms with Gasteiger partial charge in [-0.2, -0.15) is 5.26 Å². The first-order valence-electron chi connectivity index (χ1n) is 3.19. The third-order valence-electron chi connectivity index (χ3n) is 1.44. The fourth-order valence-electron chi connectivity index (χ4n) is 1.01. The van der Waals surface area contributed by atoms with E-state index in [0.29, 0.717) is 0 Å². The number of hydrogen-bond acceptors (Lipinski definition) is 3. The predicted octanol–water partition coefficient (Wildman–Crippen LogP) is 3.14. The van der Waals surface area contributed by atoms with Crippen LogP contribution in [0.2, 0.25) is 0 Å². The second-order valence-electron chi connectivity index (χ2n) is 2.31.